The summed E-state index contributed by atoms with van der Waals surface area (Å²) in [6.45, 7) is 2.52. The first-order valence-electron chi connectivity index (χ1n) is 10.5. The second-order valence-electron chi connectivity index (χ2n) is 7.07. The molecule has 2 N–H and O–H groups in total. The van der Waals surface area contributed by atoms with E-state index >= 15 is 0 Å². The van der Waals surface area contributed by atoms with Gasteiger partial charge in [0.05, 0.1) is 6.61 Å². The van der Waals surface area contributed by atoms with Crippen molar-refractivity contribution < 1.29 is 4.74 Å². The van der Waals surface area contributed by atoms with Gasteiger partial charge in [-0.2, -0.15) is 0 Å². The molecule has 0 saturated carbocycles. The van der Waals surface area contributed by atoms with E-state index in [1.807, 2.05) is 66.1 Å². The van der Waals surface area contributed by atoms with E-state index in [0.717, 1.165) is 17.0 Å². The first-order valence-corrected chi connectivity index (χ1v) is 11.5. The molecular weight excluding hydrogens is 438 g/mol. The van der Waals surface area contributed by atoms with Crippen LogP contribution in [-0.2, 0) is 6.42 Å². The monoisotopic (exact) mass is 461 g/mol. The highest BCUT2D eigenvalue weighted by Crippen LogP contribution is 2.25. The molecule has 2 aromatic heterocycles. The number of aromatic amines is 2. The van der Waals surface area contributed by atoms with E-state index in [1.54, 1.807) is 11.8 Å². The molecule has 0 bridgehead atoms. The van der Waals surface area contributed by atoms with Crippen LogP contribution in [0, 0.1) is 0 Å². The number of hydrogen-bond donors (Lipinski definition) is 2. The minimum atomic E-state index is -0.551. The highest BCUT2D eigenvalue weighted by atomic mass is 32.2. The highest BCUT2D eigenvalue weighted by Gasteiger charge is 2.15. The summed E-state index contributed by atoms with van der Waals surface area (Å²) >= 11 is 1.54. The Bertz CT molecular complexity index is 1310. The van der Waals surface area contributed by atoms with E-state index in [9.17, 15) is 9.59 Å². The normalized spacial score (nSPS) is 11.2. The number of benzene rings is 2. The molecule has 0 amide bonds. The number of H-pyrrole nitrogens is 2. The molecule has 0 spiro atoms. The van der Waals surface area contributed by atoms with Gasteiger partial charge in [-0.15, -0.1) is 10.2 Å². The SMILES string of the molecule is CCOc1ccc(-n2c(Cc3cc(=O)[nH]c(=O)[nH]3)nnc2SC/C=C/c2ccccc2)cc1. The lowest BCUT2D eigenvalue weighted by Crippen LogP contribution is -2.23. The fraction of sp³-hybridized carbons (Fsp3) is 0.167. The van der Waals surface area contributed by atoms with Crippen molar-refractivity contribution in [1.82, 2.24) is 24.7 Å². The van der Waals surface area contributed by atoms with Crippen LogP contribution in [0.5, 0.6) is 5.75 Å². The zero-order valence-corrected chi connectivity index (χ0v) is 18.8. The van der Waals surface area contributed by atoms with Crippen LogP contribution in [0.2, 0.25) is 0 Å². The Morgan fingerprint density at radius 3 is 2.55 bits per heavy atom. The quantitative estimate of drug-likeness (QED) is 0.370. The van der Waals surface area contributed by atoms with Crippen molar-refractivity contribution in [2.45, 2.75) is 18.5 Å². The van der Waals surface area contributed by atoms with Gasteiger partial charge in [0, 0.05) is 29.6 Å². The third-order valence-corrected chi connectivity index (χ3v) is 5.57. The maximum atomic E-state index is 11.7. The first kappa shape index (κ1) is 22.3. The molecule has 2 heterocycles. The Morgan fingerprint density at radius 2 is 1.82 bits per heavy atom. The second kappa shape index (κ2) is 10.6. The fourth-order valence-electron chi connectivity index (χ4n) is 3.28. The van der Waals surface area contributed by atoms with Crippen LogP contribution >= 0.6 is 11.8 Å². The summed E-state index contributed by atoms with van der Waals surface area (Å²) in [5.74, 6) is 2.08. The molecule has 9 heteroatoms. The minimum Gasteiger partial charge on any atom is -0.494 e. The van der Waals surface area contributed by atoms with Crippen LogP contribution in [0.25, 0.3) is 11.8 Å². The lowest BCUT2D eigenvalue weighted by Gasteiger charge is -2.11. The minimum absolute atomic E-state index is 0.250. The predicted molar refractivity (Wildman–Crippen MR) is 129 cm³/mol. The van der Waals surface area contributed by atoms with E-state index in [0.29, 0.717) is 29.0 Å². The highest BCUT2D eigenvalue weighted by molar-refractivity contribution is 7.99. The number of aromatic nitrogens is 5. The molecule has 0 atom stereocenters. The van der Waals surface area contributed by atoms with Gasteiger partial charge in [0.25, 0.3) is 5.56 Å². The molecule has 0 unspecified atom stereocenters. The van der Waals surface area contributed by atoms with E-state index < -0.39 is 11.2 Å². The molecule has 168 valence electrons. The van der Waals surface area contributed by atoms with Gasteiger partial charge in [0.1, 0.15) is 11.6 Å². The number of nitrogens with zero attached hydrogens (tertiary/aromatic N) is 3. The number of ether oxygens (including phenoxy) is 1. The summed E-state index contributed by atoms with van der Waals surface area (Å²) in [7, 11) is 0. The van der Waals surface area contributed by atoms with Crippen LogP contribution in [0.3, 0.4) is 0 Å². The van der Waals surface area contributed by atoms with E-state index in [1.165, 1.54) is 6.07 Å². The Hall–Kier alpha value is -3.85. The van der Waals surface area contributed by atoms with Gasteiger partial charge < -0.3 is 9.72 Å². The summed E-state index contributed by atoms with van der Waals surface area (Å²) in [5.41, 5.74) is 1.45. The third kappa shape index (κ3) is 5.89. The summed E-state index contributed by atoms with van der Waals surface area (Å²) in [4.78, 5) is 28.2. The smallest absolute Gasteiger partial charge is 0.325 e. The van der Waals surface area contributed by atoms with Crippen LogP contribution in [-0.4, -0.2) is 37.1 Å². The molecule has 0 aliphatic rings. The molecule has 0 fully saturated rings. The molecule has 33 heavy (non-hydrogen) atoms. The van der Waals surface area contributed by atoms with E-state index in [2.05, 4.69) is 32.3 Å². The zero-order valence-electron chi connectivity index (χ0n) is 18.0. The number of hydrogen-bond acceptors (Lipinski definition) is 6. The van der Waals surface area contributed by atoms with Gasteiger partial charge in [-0.1, -0.05) is 54.2 Å². The molecule has 0 radical (unpaired) electrons. The number of nitrogens with one attached hydrogen (secondary N) is 2. The van der Waals surface area contributed by atoms with Gasteiger partial charge in [0.2, 0.25) is 0 Å². The molecular formula is C24H23N5O3S. The molecule has 4 aromatic rings. The van der Waals surface area contributed by atoms with Crippen molar-refractivity contribution in [3.8, 4) is 11.4 Å². The molecule has 0 aliphatic heterocycles. The lowest BCUT2D eigenvalue weighted by atomic mass is 10.2. The summed E-state index contributed by atoms with van der Waals surface area (Å²) in [6.07, 6.45) is 4.39. The van der Waals surface area contributed by atoms with Gasteiger partial charge in [-0.05, 0) is 36.8 Å². The van der Waals surface area contributed by atoms with Crippen LogP contribution < -0.4 is 16.0 Å². The predicted octanol–water partition coefficient (Wildman–Crippen LogP) is 3.44. The van der Waals surface area contributed by atoms with Crippen molar-refractivity contribution in [2.75, 3.05) is 12.4 Å². The van der Waals surface area contributed by atoms with Crippen molar-refractivity contribution in [3.63, 3.8) is 0 Å². The largest absolute Gasteiger partial charge is 0.494 e. The average molecular weight is 462 g/mol. The molecule has 0 saturated heterocycles. The van der Waals surface area contributed by atoms with Crippen molar-refractivity contribution in [1.29, 1.82) is 0 Å². The van der Waals surface area contributed by atoms with Crippen LogP contribution in [0.4, 0.5) is 0 Å². The van der Waals surface area contributed by atoms with Crippen molar-refractivity contribution in [3.05, 3.63) is 105 Å². The number of rotatable bonds is 9. The van der Waals surface area contributed by atoms with Crippen molar-refractivity contribution >= 4 is 17.8 Å². The van der Waals surface area contributed by atoms with Gasteiger partial charge >= 0.3 is 5.69 Å². The standard InChI is InChI=1S/C24H23N5O3S/c1-2-32-20-12-10-19(11-13-20)29-21(15-18-16-22(30)26-23(31)25-18)27-28-24(29)33-14-6-9-17-7-4-3-5-8-17/h3-13,16H,2,14-15H2,1H3,(H2,25,26,30,31)/b9-6+. The number of thioether (sulfide) groups is 1. The van der Waals surface area contributed by atoms with Gasteiger partial charge in [-0.3, -0.25) is 14.3 Å². The Labute approximate surface area is 194 Å². The van der Waals surface area contributed by atoms with E-state index in [4.69, 9.17) is 4.74 Å². The molecule has 2 aromatic carbocycles. The molecule has 0 aliphatic carbocycles. The topological polar surface area (TPSA) is 106 Å². The Morgan fingerprint density at radius 1 is 1.03 bits per heavy atom. The Balaban J connectivity index is 1.62. The molecule has 4 rings (SSSR count). The van der Waals surface area contributed by atoms with Gasteiger partial charge in [0.15, 0.2) is 5.16 Å². The molecule has 8 nitrogen and oxygen atoms in total. The maximum absolute atomic E-state index is 11.7. The van der Waals surface area contributed by atoms with Crippen LogP contribution in [0.1, 0.15) is 24.0 Å². The van der Waals surface area contributed by atoms with E-state index in [-0.39, 0.29) is 6.42 Å². The lowest BCUT2D eigenvalue weighted by molar-refractivity contribution is 0.340. The first-order chi connectivity index (χ1) is 16.1. The summed E-state index contributed by atoms with van der Waals surface area (Å²) < 4.78 is 7.48. The van der Waals surface area contributed by atoms with Crippen LogP contribution in [0.15, 0.2) is 81.5 Å². The van der Waals surface area contributed by atoms with Gasteiger partial charge in [-0.25, -0.2) is 4.79 Å². The Kier molecular flexibility index (Phi) is 7.21. The zero-order chi connectivity index (χ0) is 23.0. The summed E-state index contributed by atoms with van der Waals surface area (Å²) in [6, 6.07) is 19.1. The third-order valence-electron chi connectivity index (χ3n) is 4.69. The average Bonchev–Trinajstić information content (AvgIpc) is 3.19. The second-order valence-corrected chi connectivity index (χ2v) is 8.06. The summed E-state index contributed by atoms with van der Waals surface area (Å²) in [5, 5.41) is 9.42. The fourth-order valence-corrected chi connectivity index (χ4v) is 4.06. The maximum Gasteiger partial charge on any atom is 0.325 e. The van der Waals surface area contributed by atoms with Crippen molar-refractivity contribution in [2.24, 2.45) is 0 Å².